The molecule has 0 unspecified atom stereocenters. The van der Waals surface area contributed by atoms with Crippen LogP contribution in [0.4, 0.5) is 0 Å². The quantitative estimate of drug-likeness (QED) is 0.596. The Kier molecular flexibility index (Phi) is 5.34. The topological polar surface area (TPSA) is 74.2 Å². The third-order valence-electron chi connectivity index (χ3n) is 3.47. The number of rotatable bonds is 5. The van der Waals surface area contributed by atoms with Crippen molar-refractivity contribution in [3.8, 4) is 5.75 Å². The fourth-order valence-corrected chi connectivity index (χ4v) is 2.43. The van der Waals surface area contributed by atoms with E-state index in [2.05, 4.69) is 9.73 Å². The second kappa shape index (κ2) is 7.84. The van der Waals surface area contributed by atoms with Gasteiger partial charge in [0.05, 0.1) is 17.7 Å². The van der Waals surface area contributed by atoms with Gasteiger partial charge in [-0.1, -0.05) is 35.9 Å². The minimum atomic E-state index is -0.569. The summed E-state index contributed by atoms with van der Waals surface area (Å²) < 4.78 is 15.0. The zero-order valence-corrected chi connectivity index (χ0v) is 14.5. The van der Waals surface area contributed by atoms with Crippen LogP contribution >= 0.6 is 11.6 Å². The molecule has 26 heavy (non-hydrogen) atoms. The number of methoxy groups -OCH3 is 1. The smallest absolute Gasteiger partial charge is 0.363 e. The molecular weight excluding hydrogens is 358 g/mol. The average Bonchev–Trinajstić information content (AvgIpc) is 3.00. The van der Waals surface area contributed by atoms with E-state index in [0.29, 0.717) is 21.9 Å². The highest BCUT2D eigenvalue weighted by Gasteiger charge is 2.25. The van der Waals surface area contributed by atoms with Gasteiger partial charge in [0.1, 0.15) is 5.75 Å². The number of cyclic esters (lactones) is 1. The highest BCUT2D eigenvalue weighted by molar-refractivity contribution is 6.34. The van der Waals surface area contributed by atoms with Crippen LogP contribution in [0.15, 0.2) is 59.2 Å². The van der Waals surface area contributed by atoms with E-state index in [1.54, 1.807) is 54.6 Å². The van der Waals surface area contributed by atoms with Crippen LogP contribution in [0.5, 0.6) is 5.75 Å². The Hall–Kier alpha value is -3.12. The number of nitrogens with zero attached hydrogens (tertiary/aromatic N) is 1. The second-order valence-corrected chi connectivity index (χ2v) is 5.66. The van der Waals surface area contributed by atoms with Crippen molar-refractivity contribution in [2.45, 2.75) is 0 Å². The summed E-state index contributed by atoms with van der Waals surface area (Å²) in [5.74, 6) is -0.431. The van der Waals surface area contributed by atoms with Crippen LogP contribution in [0, 0.1) is 0 Å². The molecule has 2 aromatic carbocycles. The highest BCUT2D eigenvalue weighted by atomic mass is 35.5. The third kappa shape index (κ3) is 4.10. The fourth-order valence-electron chi connectivity index (χ4n) is 2.21. The number of benzene rings is 2. The number of carbonyl (C=O) groups is 2. The molecule has 0 spiro atoms. The number of ether oxygens (including phenoxy) is 3. The standard InChI is InChI=1S/C19H14ClNO5/c1-24-17(22)11-25-13-6-4-5-12(9-13)10-16-19(23)26-18(21-16)14-7-2-3-8-15(14)20/h2-10H,11H2,1H3/b16-10-. The van der Waals surface area contributed by atoms with Crippen LogP contribution in [0.2, 0.25) is 5.02 Å². The molecule has 0 amide bonds. The van der Waals surface area contributed by atoms with Crippen molar-refractivity contribution in [2.24, 2.45) is 4.99 Å². The molecule has 7 heteroatoms. The Morgan fingerprint density at radius 1 is 1.23 bits per heavy atom. The minimum Gasteiger partial charge on any atom is -0.482 e. The van der Waals surface area contributed by atoms with Crippen LogP contribution in [-0.2, 0) is 19.1 Å². The number of hydrogen-bond acceptors (Lipinski definition) is 6. The van der Waals surface area contributed by atoms with Crippen LogP contribution < -0.4 is 4.74 Å². The van der Waals surface area contributed by atoms with Crippen LogP contribution in [0.1, 0.15) is 11.1 Å². The molecule has 6 nitrogen and oxygen atoms in total. The Labute approximate surface area is 154 Å². The summed E-state index contributed by atoms with van der Waals surface area (Å²) in [7, 11) is 1.28. The van der Waals surface area contributed by atoms with Crippen molar-refractivity contribution in [1.29, 1.82) is 0 Å². The van der Waals surface area contributed by atoms with E-state index < -0.39 is 11.9 Å². The number of esters is 2. The highest BCUT2D eigenvalue weighted by Crippen LogP contribution is 2.24. The molecular formula is C19H14ClNO5. The molecule has 1 heterocycles. The van der Waals surface area contributed by atoms with Gasteiger partial charge in [0.25, 0.3) is 0 Å². The lowest BCUT2D eigenvalue weighted by atomic mass is 10.2. The van der Waals surface area contributed by atoms with Gasteiger partial charge in [-0.2, -0.15) is 0 Å². The average molecular weight is 372 g/mol. The molecule has 0 aliphatic carbocycles. The van der Waals surface area contributed by atoms with Crippen molar-refractivity contribution in [1.82, 2.24) is 0 Å². The monoisotopic (exact) mass is 371 g/mol. The molecule has 0 aromatic heterocycles. The maximum absolute atomic E-state index is 12.1. The minimum absolute atomic E-state index is 0.144. The van der Waals surface area contributed by atoms with E-state index in [1.165, 1.54) is 7.11 Å². The molecule has 0 saturated heterocycles. The molecule has 0 fully saturated rings. The molecule has 2 aromatic rings. The Bertz CT molecular complexity index is 920. The second-order valence-electron chi connectivity index (χ2n) is 5.25. The van der Waals surface area contributed by atoms with Gasteiger partial charge in [0, 0.05) is 0 Å². The number of hydrogen-bond donors (Lipinski definition) is 0. The summed E-state index contributed by atoms with van der Waals surface area (Å²) in [5, 5.41) is 0.443. The van der Waals surface area contributed by atoms with Crippen molar-refractivity contribution in [3.05, 3.63) is 70.4 Å². The summed E-state index contributed by atoms with van der Waals surface area (Å²) in [5.41, 5.74) is 1.36. The zero-order chi connectivity index (χ0) is 18.5. The first-order valence-corrected chi connectivity index (χ1v) is 8.02. The first-order chi connectivity index (χ1) is 12.6. The van der Waals surface area contributed by atoms with Crippen molar-refractivity contribution in [2.75, 3.05) is 13.7 Å². The van der Waals surface area contributed by atoms with E-state index >= 15 is 0 Å². The van der Waals surface area contributed by atoms with Crippen molar-refractivity contribution in [3.63, 3.8) is 0 Å². The molecule has 3 rings (SSSR count). The van der Waals surface area contributed by atoms with Gasteiger partial charge < -0.3 is 14.2 Å². The first-order valence-electron chi connectivity index (χ1n) is 7.64. The summed E-state index contributed by atoms with van der Waals surface area (Å²) >= 11 is 6.11. The van der Waals surface area contributed by atoms with E-state index in [-0.39, 0.29) is 18.2 Å². The Morgan fingerprint density at radius 3 is 2.81 bits per heavy atom. The van der Waals surface area contributed by atoms with Crippen LogP contribution in [0.25, 0.3) is 6.08 Å². The first kappa shape index (κ1) is 17.7. The van der Waals surface area contributed by atoms with Gasteiger partial charge in [-0.25, -0.2) is 14.6 Å². The van der Waals surface area contributed by atoms with Gasteiger partial charge >= 0.3 is 11.9 Å². The molecule has 1 aliphatic heterocycles. The molecule has 0 bridgehead atoms. The van der Waals surface area contributed by atoms with E-state index in [0.717, 1.165) is 0 Å². The number of carbonyl (C=O) groups excluding carboxylic acids is 2. The predicted molar refractivity (Wildman–Crippen MR) is 96.0 cm³/mol. The van der Waals surface area contributed by atoms with Gasteiger partial charge in [-0.05, 0) is 35.9 Å². The summed E-state index contributed by atoms with van der Waals surface area (Å²) in [6.07, 6.45) is 1.57. The van der Waals surface area contributed by atoms with Gasteiger partial charge in [-0.3, -0.25) is 0 Å². The summed E-state index contributed by atoms with van der Waals surface area (Å²) in [6.45, 7) is -0.201. The normalized spacial score (nSPS) is 14.8. The lowest BCUT2D eigenvalue weighted by Crippen LogP contribution is -2.12. The summed E-state index contributed by atoms with van der Waals surface area (Å²) in [4.78, 5) is 27.4. The predicted octanol–water partition coefficient (Wildman–Crippen LogP) is 3.24. The van der Waals surface area contributed by atoms with Crippen molar-refractivity contribution >= 4 is 35.5 Å². The number of aliphatic imine (C=N–C) groups is 1. The molecule has 0 saturated carbocycles. The van der Waals surface area contributed by atoms with E-state index in [1.807, 2.05) is 0 Å². The van der Waals surface area contributed by atoms with Crippen LogP contribution in [0.3, 0.4) is 0 Å². The lowest BCUT2D eigenvalue weighted by molar-refractivity contribution is -0.142. The fraction of sp³-hybridized carbons (Fsp3) is 0.105. The van der Waals surface area contributed by atoms with Crippen LogP contribution in [-0.4, -0.2) is 31.6 Å². The van der Waals surface area contributed by atoms with E-state index in [4.69, 9.17) is 21.1 Å². The summed E-state index contributed by atoms with van der Waals surface area (Å²) in [6, 6.07) is 13.8. The Morgan fingerprint density at radius 2 is 2.04 bits per heavy atom. The molecule has 0 radical (unpaired) electrons. The molecule has 132 valence electrons. The molecule has 0 N–H and O–H groups in total. The zero-order valence-electron chi connectivity index (χ0n) is 13.8. The lowest BCUT2D eigenvalue weighted by Gasteiger charge is -2.05. The van der Waals surface area contributed by atoms with Gasteiger partial charge in [-0.15, -0.1) is 0 Å². The maximum Gasteiger partial charge on any atom is 0.363 e. The largest absolute Gasteiger partial charge is 0.482 e. The van der Waals surface area contributed by atoms with E-state index in [9.17, 15) is 9.59 Å². The van der Waals surface area contributed by atoms with Gasteiger partial charge in [0.15, 0.2) is 12.3 Å². The SMILES string of the molecule is COC(=O)COc1cccc(/C=C2\N=C(c3ccccc3Cl)OC2=O)c1. The maximum atomic E-state index is 12.1. The third-order valence-corrected chi connectivity index (χ3v) is 3.80. The molecule has 0 atom stereocenters. The van der Waals surface area contributed by atoms with Crippen molar-refractivity contribution < 1.29 is 23.8 Å². The number of halogens is 1. The van der Waals surface area contributed by atoms with Gasteiger partial charge in [0.2, 0.25) is 5.90 Å². The molecule has 1 aliphatic rings. The Balaban J connectivity index is 1.82.